The van der Waals surface area contributed by atoms with Gasteiger partial charge in [0.25, 0.3) is 0 Å². The van der Waals surface area contributed by atoms with E-state index in [0.29, 0.717) is 16.8 Å². The predicted molar refractivity (Wildman–Crippen MR) is 73.6 cm³/mol. The number of piperidine rings is 1. The van der Waals surface area contributed by atoms with Gasteiger partial charge in [-0.25, -0.2) is 4.98 Å². The second-order valence-electron chi connectivity index (χ2n) is 4.70. The van der Waals surface area contributed by atoms with Crippen LogP contribution >= 0.6 is 11.6 Å². The van der Waals surface area contributed by atoms with Crippen molar-refractivity contribution in [1.29, 1.82) is 0 Å². The molecule has 2 N–H and O–H groups in total. The average molecular weight is 254 g/mol. The zero-order chi connectivity index (χ0) is 12.3. The summed E-state index contributed by atoms with van der Waals surface area (Å²) in [6, 6.07) is 2.38. The number of pyridine rings is 1. The van der Waals surface area contributed by atoms with Gasteiger partial charge in [-0.2, -0.15) is 0 Å². The molecule has 0 aromatic carbocycles. The summed E-state index contributed by atoms with van der Waals surface area (Å²) >= 11 is 5.89. The maximum absolute atomic E-state index is 6.02. The third-order valence-corrected chi connectivity index (χ3v) is 3.59. The largest absolute Gasteiger partial charge is 0.396 e. The highest BCUT2D eigenvalue weighted by molar-refractivity contribution is 6.30. The van der Waals surface area contributed by atoms with Gasteiger partial charge in [0, 0.05) is 18.8 Å². The Morgan fingerprint density at radius 2 is 2.35 bits per heavy atom. The van der Waals surface area contributed by atoms with E-state index in [2.05, 4.69) is 16.8 Å². The molecule has 2 rings (SSSR count). The van der Waals surface area contributed by atoms with Gasteiger partial charge >= 0.3 is 0 Å². The third kappa shape index (κ3) is 2.83. The van der Waals surface area contributed by atoms with E-state index in [-0.39, 0.29) is 0 Å². The first-order valence-electron chi connectivity index (χ1n) is 6.40. The number of hydrogen-bond donors (Lipinski definition) is 1. The molecule has 1 aliphatic heterocycles. The minimum atomic E-state index is 0.588. The zero-order valence-corrected chi connectivity index (χ0v) is 11.1. The van der Waals surface area contributed by atoms with Crippen molar-refractivity contribution in [3.05, 3.63) is 17.3 Å². The molecule has 1 unspecified atom stereocenters. The highest BCUT2D eigenvalue weighted by atomic mass is 35.5. The monoisotopic (exact) mass is 253 g/mol. The Labute approximate surface area is 108 Å². The fourth-order valence-electron chi connectivity index (χ4n) is 2.60. The summed E-state index contributed by atoms with van der Waals surface area (Å²) in [4.78, 5) is 6.76. The van der Waals surface area contributed by atoms with E-state index in [4.69, 9.17) is 17.3 Å². The van der Waals surface area contributed by atoms with Gasteiger partial charge in [0.05, 0.1) is 10.7 Å². The topological polar surface area (TPSA) is 42.2 Å². The van der Waals surface area contributed by atoms with Crippen molar-refractivity contribution in [1.82, 2.24) is 4.98 Å². The van der Waals surface area contributed by atoms with Gasteiger partial charge in [-0.05, 0) is 31.7 Å². The molecule has 2 heterocycles. The fraction of sp³-hybridized carbons (Fsp3) is 0.615. The van der Waals surface area contributed by atoms with Crippen LogP contribution in [0, 0.1) is 0 Å². The van der Waals surface area contributed by atoms with Crippen LogP contribution in [0.4, 0.5) is 11.5 Å². The van der Waals surface area contributed by atoms with Gasteiger partial charge < -0.3 is 10.6 Å². The minimum Gasteiger partial charge on any atom is -0.396 e. The third-order valence-electron chi connectivity index (χ3n) is 3.38. The average Bonchev–Trinajstić information content (AvgIpc) is 2.31. The van der Waals surface area contributed by atoms with Crippen LogP contribution in [0.15, 0.2) is 12.3 Å². The summed E-state index contributed by atoms with van der Waals surface area (Å²) in [7, 11) is 0. The van der Waals surface area contributed by atoms with E-state index in [0.717, 1.165) is 12.4 Å². The van der Waals surface area contributed by atoms with Crippen LogP contribution in [0.25, 0.3) is 0 Å². The van der Waals surface area contributed by atoms with Crippen molar-refractivity contribution in [2.75, 3.05) is 17.2 Å². The fourth-order valence-corrected chi connectivity index (χ4v) is 2.77. The van der Waals surface area contributed by atoms with Crippen LogP contribution in [0.2, 0.25) is 5.02 Å². The quantitative estimate of drug-likeness (QED) is 0.897. The Balaban J connectivity index is 2.23. The molecule has 1 aliphatic rings. The molecule has 94 valence electrons. The van der Waals surface area contributed by atoms with Gasteiger partial charge in [-0.1, -0.05) is 24.9 Å². The van der Waals surface area contributed by atoms with Crippen molar-refractivity contribution >= 4 is 23.1 Å². The lowest BCUT2D eigenvalue weighted by Gasteiger charge is -2.37. The predicted octanol–water partition coefficient (Wildman–Crippen LogP) is 3.48. The summed E-state index contributed by atoms with van der Waals surface area (Å²) < 4.78 is 0. The lowest BCUT2D eigenvalue weighted by atomic mass is 9.98. The molecule has 1 atom stereocenters. The zero-order valence-electron chi connectivity index (χ0n) is 10.3. The van der Waals surface area contributed by atoms with Crippen LogP contribution < -0.4 is 10.6 Å². The molecule has 1 saturated heterocycles. The number of anilines is 2. The minimum absolute atomic E-state index is 0.588. The molecule has 1 fully saturated rings. The molecule has 0 bridgehead atoms. The molecule has 1 aromatic heterocycles. The second-order valence-corrected chi connectivity index (χ2v) is 5.13. The standard InChI is InChI=1S/C13H20ClN3/c1-2-5-11-6-3-4-7-17(11)13-12(15)8-10(14)9-16-13/h8-9,11H,2-7,15H2,1H3. The Kier molecular flexibility index (Phi) is 4.11. The number of nitrogens with zero attached hydrogens (tertiary/aromatic N) is 2. The molecular weight excluding hydrogens is 234 g/mol. The van der Waals surface area contributed by atoms with Gasteiger partial charge in [0.15, 0.2) is 5.82 Å². The smallest absolute Gasteiger partial charge is 0.152 e. The first-order chi connectivity index (χ1) is 8.22. The highest BCUT2D eigenvalue weighted by Crippen LogP contribution is 2.30. The number of aromatic nitrogens is 1. The summed E-state index contributed by atoms with van der Waals surface area (Å²) in [5.41, 5.74) is 6.72. The highest BCUT2D eigenvalue weighted by Gasteiger charge is 2.24. The molecule has 0 amide bonds. The molecule has 0 saturated carbocycles. The summed E-state index contributed by atoms with van der Waals surface area (Å²) in [5, 5.41) is 0.607. The molecule has 0 aliphatic carbocycles. The lowest BCUT2D eigenvalue weighted by Crippen LogP contribution is -2.40. The number of halogens is 1. The summed E-state index contributed by atoms with van der Waals surface area (Å²) in [6.45, 7) is 3.29. The van der Waals surface area contributed by atoms with Crippen LogP contribution in [0.1, 0.15) is 39.0 Å². The first kappa shape index (κ1) is 12.5. The maximum Gasteiger partial charge on any atom is 0.152 e. The van der Waals surface area contributed by atoms with E-state index in [1.807, 2.05) is 0 Å². The maximum atomic E-state index is 6.02. The second kappa shape index (κ2) is 5.58. The Morgan fingerprint density at radius 1 is 1.53 bits per heavy atom. The van der Waals surface area contributed by atoms with Crippen molar-refractivity contribution in [3.63, 3.8) is 0 Å². The van der Waals surface area contributed by atoms with Gasteiger partial charge in [0.2, 0.25) is 0 Å². The SMILES string of the molecule is CCCC1CCCCN1c1ncc(Cl)cc1N. The summed E-state index contributed by atoms with van der Waals surface area (Å²) in [5.74, 6) is 0.910. The number of rotatable bonds is 3. The van der Waals surface area contributed by atoms with E-state index in [9.17, 15) is 0 Å². The van der Waals surface area contributed by atoms with Crippen molar-refractivity contribution < 1.29 is 0 Å². The van der Waals surface area contributed by atoms with Crippen LogP contribution in [0.5, 0.6) is 0 Å². The first-order valence-corrected chi connectivity index (χ1v) is 6.78. The van der Waals surface area contributed by atoms with Gasteiger partial charge in [-0.15, -0.1) is 0 Å². The molecule has 3 nitrogen and oxygen atoms in total. The van der Waals surface area contributed by atoms with Crippen molar-refractivity contribution in [3.8, 4) is 0 Å². The van der Waals surface area contributed by atoms with Crippen LogP contribution in [-0.4, -0.2) is 17.6 Å². The number of nitrogen functional groups attached to an aromatic ring is 1. The Morgan fingerprint density at radius 3 is 3.06 bits per heavy atom. The molecule has 0 radical (unpaired) electrons. The molecule has 17 heavy (non-hydrogen) atoms. The lowest BCUT2D eigenvalue weighted by molar-refractivity contribution is 0.432. The molecule has 4 heteroatoms. The van der Waals surface area contributed by atoms with Gasteiger partial charge in [0.1, 0.15) is 0 Å². The van der Waals surface area contributed by atoms with E-state index >= 15 is 0 Å². The Hall–Kier alpha value is -0.960. The Bertz CT molecular complexity index is 379. The van der Waals surface area contributed by atoms with Gasteiger partial charge in [-0.3, -0.25) is 0 Å². The molecule has 0 spiro atoms. The van der Waals surface area contributed by atoms with Crippen LogP contribution in [-0.2, 0) is 0 Å². The van der Waals surface area contributed by atoms with E-state index in [1.54, 1.807) is 12.3 Å². The normalized spacial score (nSPS) is 20.6. The molecule has 1 aromatic rings. The van der Waals surface area contributed by atoms with E-state index in [1.165, 1.54) is 32.1 Å². The number of hydrogen-bond acceptors (Lipinski definition) is 3. The van der Waals surface area contributed by atoms with Crippen LogP contribution in [0.3, 0.4) is 0 Å². The number of nitrogens with two attached hydrogens (primary N) is 1. The van der Waals surface area contributed by atoms with E-state index < -0.39 is 0 Å². The van der Waals surface area contributed by atoms with Crippen molar-refractivity contribution in [2.24, 2.45) is 0 Å². The van der Waals surface area contributed by atoms with Crippen molar-refractivity contribution in [2.45, 2.75) is 45.1 Å². The molecular formula is C13H20ClN3. The summed E-state index contributed by atoms with van der Waals surface area (Å²) in [6.07, 6.45) is 7.89.